The summed E-state index contributed by atoms with van der Waals surface area (Å²) in [5, 5.41) is 12.5. The number of rotatable bonds is 2. The molecule has 3 unspecified atom stereocenters. The number of halogens is 1. The predicted molar refractivity (Wildman–Crippen MR) is 70.8 cm³/mol. The largest absolute Gasteiger partial charge is 0.479 e. The zero-order valence-corrected chi connectivity index (χ0v) is 11.1. The van der Waals surface area contributed by atoms with Crippen molar-refractivity contribution in [2.75, 3.05) is 6.54 Å². The number of hydrogen-bond acceptors (Lipinski definition) is 3. The highest BCUT2D eigenvalue weighted by Crippen LogP contribution is 2.41. The highest BCUT2D eigenvalue weighted by Gasteiger charge is 2.48. The van der Waals surface area contributed by atoms with E-state index in [2.05, 4.69) is 5.32 Å². The Morgan fingerprint density at radius 2 is 2.10 bits per heavy atom. The van der Waals surface area contributed by atoms with Crippen LogP contribution in [0, 0.1) is 5.82 Å². The Balaban J connectivity index is 1.92. The molecule has 3 atom stereocenters. The molecular formula is C15H18FNO3. The molecule has 2 aliphatic rings. The van der Waals surface area contributed by atoms with Gasteiger partial charge in [-0.15, -0.1) is 0 Å². The van der Waals surface area contributed by atoms with Gasteiger partial charge in [0.1, 0.15) is 5.82 Å². The van der Waals surface area contributed by atoms with Crippen LogP contribution in [0.4, 0.5) is 4.39 Å². The van der Waals surface area contributed by atoms with Gasteiger partial charge in [-0.05, 0) is 30.5 Å². The third-order valence-corrected chi connectivity index (χ3v) is 4.40. The van der Waals surface area contributed by atoms with Gasteiger partial charge in [-0.2, -0.15) is 0 Å². The molecule has 0 spiro atoms. The quantitative estimate of drug-likeness (QED) is 0.869. The molecule has 1 aliphatic carbocycles. The average molecular weight is 279 g/mol. The van der Waals surface area contributed by atoms with Crippen molar-refractivity contribution in [2.45, 2.75) is 43.4 Å². The van der Waals surface area contributed by atoms with Crippen LogP contribution in [0.5, 0.6) is 0 Å². The van der Waals surface area contributed by atoms with Crippen LogP contribution < -0.4 is 5.32 Å². The lowest BCUT2D eigenvalue weighted by molar-refractivity contribution is -0.170. The molecule has 3 rings (SSSR count). The average Bonchev–Trinajstić information content (AvgIpc) is 2.47. The predicted octanol–water partition coefficient (Wildman–Crippen LogP) is 2.04. The van der Waals surface area contributed by atoms with Crippen LogP contribution in [0.3, 0.4) is 0 Å². The van der Waals surface area contributed by atoms with Gasteiger partial charge < -0.3 is 15.2 Å². The molecule has 0 radical (unpaired) electrons. The van der Waals surface area contributed by atoms with Crippen molar-refractivity contribution in [2.24, 2.45) is 0 Å². The fourth-order valence-corrected chi connectivity index (χ4v) is 3.37. The molecule has 1 saturated heterocycles. The van der Waals surface area contributed by atoms with E-state index in [9.17, 15) is 9.18 Å². The standard InChI is InChI=1S/C15H18FNO3/c16-11-6-4-10(5-7-11)15-8-2-1-3-13(15)20-12(9-17-15)14(18)19/h4-7,12-13,17H,1-3,8-9H2,(H,18,19). The summed E-state index contributed by atoms with van der Waals surface area (Å²) in [6, 6.07) is 6.43. The molecule has 1 heterocycles. The van der Waals surface area contributed by atoms with E-state index in [1.807, 2.05) is 0 Å². The summed E-state index contributed by atoms with van der Waals surface area (Å²) in [4.78, 5) is 11.1. The lowest BCUT2D eigenvalue weighted by Gasteiger charge is -2.49. The lowest BCUT2D eigenvalue weighted by atomic mass is 9.73. The Hall–Kier alpha value is -1.46. The van der Waals surface area contributed by atoms with Crippen molar-refractivity contribution in [1.82, 2.24) is 5.32 Å². The number of aliphatic carboxylic acids is 1. The number of carboxylic acid groups (broad SMARTS) is 1. The third kappa shape index (κ3) is 2.21. The van der Waals surface area contributed by atoms with Gasteiger partial charge in [0.25, 0.3) is 0 Å². The first kappa shape index (κ1) is 13.5. The molecule has 1 aliphatic heterocycles. The Bertz CT molecular complexity index is 504. The van der Waals surface area contributed by atoms with E-state index < -0.39 is 12.1 Å². The van der Waals surface area contributed by atoms with E-state index in [4.69, 9.17) is 9.84 Å². The first-order valence-electron chi connectivity index (χ1n) is 7.01. The van der Waals surface area contributed by atoms with E-state index in [0.29, 0.717) is 0 Å². The van der Waals surface area contributed by atoms with Gasteiger partial charge in [-0.1, -0.05) is 25.0 Å². The maximum atomic E-state index is 13.1. The Kier molecular flexibility index (Phi) is 3.48. The lowest BCUT2D eigenvalue weighted by Crippen LogP contribution is -2.63. The minimum absolute atomic E-state index is 0.170. The van der Waals surface area contributed by atoms with Gasteiger partial charge >= 0.3 is 5.97 Å². The summed E-state index contributed by atoms with van der Waals surface area (Å²) in [5.74, 6) is -1.20. The van der Waals surface area contributed by atoms with E-state index >= 15 is 0 Å². The molecule has 1 saturated carbocycles. The summed E-state index contributed by atoms with van der Waals surface area (Å²) >= 11 is 0. The maximum Gasteiger partial charge on any atom is 0.334 e. The fourth-order valence-electron chi connectivity index (χ4n) is 3.37. The number of carboxylic acids is 1. The molecule has 2 fully saturated rings. The van der Waals surface area contributed by atoms with Crippen molar-refractivity contribution in [3.63, 3.8) is 0 Å². The Morgan fingerprint density at radius 1 is 1.35 bits per heavy atom. The van der Waals surface area contributed by atoms with Gasteiger partial charge in [0.05, 0.1) is 11.6 Å². The third-order valence-electron chi connectivity index (χ3n) is 4.40. The van der Waals surface area contributed by atoms with Crippen LogP contribution in [-0.4, -0.2) is 29.8 Å². The van der Waals surface area contributed by atoms with Crippen molar-refractivity contribution in [1.29, 1.82) is 0 Å². The van der Waals surface area contributed by atoms with Gasteiger partial charge in [0.2, 0.25) is 0 Å². The van der Waals surface area contributed by atoms with Crippen molar-refractivity contribution in [3.05, 3.63) is 35.6 Å². The van der Waals surface area contributed by atoms with Gasteiger partial charge in [0, 0.05) is 6.54 Å². The monoisotopic (exact) mass is 279 g/mol. The number of carbonyl (C=O) groups is 1. The summed E-state index contributed by atoms with van der Waals surface area (Å²) < 4.78 is 18.9. The minimum atomic E-state index is -0.934. The zero-order chi connectivity index (χ0) is 14.2. The number of ether oxygens (including phenoxy) is 1. The topological polar surface area (TPSA) is 58.6 Å². The second-order valence-corrected chi connectivity index (χ2v) is 5.56. The molecule has 1 aromatic carbocycles. The number of nitrogens with one attached hydrogen (secondary N) is 1. The Morgan fingerprint density at radius 3 is 2.80 bits per heavy atom. The molecule has 5 heteroatoms. The van der Waals surface area contributed by atoms with Crippen LogP contribution in [0.25, 0.3) is 0 Å². The van der Waals surface area contributed by atoms with Crippen molar-refractivity contribution < 1.29 is 19.0 Å². The first-order chi connectivity index (χ1) is 9.62. The van der Waals surface area contributed by atoms with Gasteiger partial charge in [-0.3, -0.25) is 0 Å². The minimum Gasteiger partial charge on any atom is -0.479 e. The molecule has 0 bridgehead atoms. The van der Waals surface area contributed by atoms with E-state index in [1.165, 1.54) is 12.1 Å². The van der Waals surface area contributed by atoms with Crippen LogP contribution in [0.15, 0.2) is 24.3 Å². The van der Waals surface area contributed by atoms with Crippen LogP contribution >= 0.6 is 0 Å². The fraction of sp³-hybridized carbons (Fsp3) is 0.533. The summed E-state index contributed by atoms with van der Waals surface area (Å²) in [6.45, 7) is 0.281. The van der Waals surface area contributed by atoms with Crippen molar-refractivity contribution >= 4 is 5.97 Å². The molecule has 0 aromatic heterocycles. The summed E-state index contributed by atoms with van der Waals surface area (Å²) in [7, 11) is 0. The van der Waals surface area contributed by atoms with Crippen molar-refractivity contribution in [3.8, 4) is 0 Å². The molecular weight excluding hydrogens is 261 g/mol. The SMILES string of the molecule is O=C(O)C1CNC2(c3ccc(F)cc3)CCCCC2O1. The molecule has 20 heavy (non-hydrogen) atoms. The highest BCUT2D eigenvalue weighted by molar-refractivity contribution is 5.72. The smallest absolute Gasteiger partial charge is 0.334 e. The first-order valence-corrected chi connectivity index (χ1v) is 7.01. The van der Waals surface area contributed by atoms with E-state index in [0.717, 1.165) is 31.2 Å². The van der Waals surface area contributed by atoms with Gasteiger partial charge in [0.15, 0.2) is 6.10 Å². The number of fused-ring (bicyclic) bond motifs is 1. The van der Waals surface area contributed by atoms with Crippen LogP contribution in [-0.2, 0) is 15.1 Å². The zero-order valence-electron chi connectivity index (χ0n) is 11.1. The normalized spacial score (nSPS) is 33.5. The molecule has 2 N–H and O–H groups in total. The second kappa shape index (κ2) is 5.14. The molecule has 0 amide bonds. The number of benzene rings is 1. The van der Waals surface area contributed by atoms with E-state index in [1.54, 1.807) is 12.1 Å². The number of hydrogen-bond donors (Lipinski definition) is 2. The molecule has 108 valence electrons. The van der Waals surface area contributed by atoms with Crippen LogP contribution in [0.2, 0.25) is 0 Å². The maximum absolute atomic E-state index is 13.1. The van der Waals surface area contributed by atoms with Gasteiger partial charge in [-0.25, -0.2) is 9.18 Å². The summed E-state index contributed by atoms with van der Waals surface area (Å²) in [5.41, 5.74) is 0.602. The number of morpholine rings is 1. The van der Waals surface area contributed by atoms with E-state index in [-0.39, 0.29) is 24.0 Å². The molecule has 1 aromatic rings. The Labute approximate surface area is 116 Å². The molecule has 4 nitrogen and oxygen atoms in total. The highest BCUT2D eigenvalue weighted by atomic mass is 19.1. The van der Waals surface area contributed by atoms with Crippen LogP contribution in [0.1, 0.15) is 31.2 Å². The second-order valence-electron chi connectivity index (χ2n) is 5.56. The summed E-state index contributed by atoms with van der Waals surface area (Å²) in [6.07, 6.45) is 2.83.